The average Bonchev–Trinajstić information content (AvgIpc) is 3.06. The van der Waals surface area contributed by atoms with Gasteiger partial charge < -0.3 is 0 Å². The summed E-state index contributed by atoms with van der Waals surface area (Å²) >= 11 is 0.506. The zero-order chi connectivity index (χ0) is 22.9. The van der Waals surface area contributed by atoms with Crippen LogP contribution in [0.2, 0.25) is 0 Å². The van der Waals surface area contributed by atoms with Gasteiger partial charge in [-0.25, -0.2) is 0 Å². The number of hydrogen-bond donors (Lipinski definition) is 3. The van der Waals surface area contributed by atoms with E-state index in [1.54, 1.807) is 25.3 Å². The lowest BCUT2D eigenvalue weighted by Gasteiger charge is -2.15. The van der Waals surface area contributed by atoms with Gasteiger partial charge in [-0.1, -0.05) is 0 Å². The van der Waals surface area contributed by atoms with Crippen molar-refractivity contribution in [2.75, 3.05) is 12.3 Å². The SMILES string of the molecule is CC1=[N+](CCCS(=O)(=O)O)c2c(cc(S(=O)(=O)O)c3sc(S(=O)(=O)O)cc23)C1(C)C. The molecule has 14 heteroatoms. The molecule has 2 heterocycles. The third-order valence-electron chi connectivity index (χ3n) is 5.29. The van der Waals surface area contributed by atoms with Crippen LogP contribution in [0.15, 0.2) is 21.2 Å². The topological polar surface area (TPSA) is 166 Å². The van der Waals surface area contributed by atoms with Crippen LogP contribution in [-0.2, 0) is 35.8 Å². The summed E-state index contributed by atoms with van der Waals surface area (Å²) in [4.78, 5) is -0.475. The van der Waals surface area contributed by atoms with Crippen LogP contribution in [0.25, 0.3) is 10.1 Å². The number of hydrogen-bond acceptors (Lipinski definition) is 7. The first-order valence-electron chi connectivity index (χ1n) is 8.57. The molecule has 0 saturated heterocycles. The van der Waals surface area contributed by atoms with Gasteiger partial charge in [0, 0.05) is 18.9 Å². The lowest BCUT2D eigenvalue weighted by atomic mass is 9.82. The molecule has 3 N–H and O–H groups in total. The highest BCUT2D eigenvalue weighted by Crippen LogP contribution is 2.48. The van der Waals surface area contributed by atoms with E-state index in [2.05, 4.69) is 0 Å². The normalized spacial score (nSPS) is 17.0. The Labute approximate surface area is 178 Å². The molecule has 1 aliphatic heterocycles. The Balaban J connectivity index is 2.35. The summed E-state index contributed by atoms with van der Waals surface area (Å²) in [5.74, 6) is -0.487. The van der Waals surface area contributed by atoms with Gasteiger partial charge in [-0.05, 0) is 26.0 Å². The van der Waals surface area contributed by atoms with E-state index >= 15 is 0 Å². The molecular formula is C16H20NO9S4+. The monoisotopic (exact) mass is 498 g/mol. The molecule has 0 fully saturated rings. The second-order valence-corrected chi connectivity index (χ2v) is 13.2. The highest BCUT2D eigenvalue weighted by atomic mass is 32.3. The largest absolute Gasteiger partial charge is 0.304 e. The molecule has 166 valence electrons. The Hall–Kier alpha value is -1.42. The highest BCUT2D eigenvalue weighted by Gasteiger charge is 2.46. The summed E-state index contributed by atoms with van der Waals surface area (Å²) in [6.45, 7) is 5.53. The molecule has 0 unspecified atom stereocenters. The molecule has 1 aromatic carbocycles. The predicted molar refractivity (Wildman–Crippen MR) is 111 cm³/mol. The van der Waals surface area contributed by atoms with Crippen molar-refractivity contribution in [1.82, 2.24) is 0 Å². The van der Waals surface area contributed by atoms with Crippen LogP contribution >= 0.6 is 11.3 Å². The van der Waals surface area contributed by atoms with E-state index in [9.17, 15) is 34.4 Å². The van der Waals surface area contributed by atoms with Crippen molar-refractivity contribution in [3.8, 4) is 0 Å². The van der Waals surface area contributed by atoms with Crippen molar-refractivity contribution >= 4 is 63.2 Å². The van der Waals surface area contributed by atoms with Crippen molar-refractivity contribution < 1.29 is 43.5 Å². The minimum Gasteiger partial charge on any atom is -0.286 e. The maximum absolute atomic E-state index is 12.0. The van der Waals surface area contributed by atoms with E-state index in [0.29, 0.717) is 22.6 Å². The van der Waals surface area contributed by atoms with Crippen LogP contribution in [0.5, 0.6) is 0 Å². The van der Waals surface area contributed by atoms with Crippen molar-refractivity contribution in [3.63, 3.8) is 0 Å². The van der Waals surface area contributed by atoms with Crippen molar-refractivity contribution in [1.29, 1.82) is 0 Å². The minimum atomic E-state index is -4.71. The fourth-order valence-corrected chi connectivity index (χ4v) is 6.89. The van der Waals surface area contributed by atoms with Gasteiger partial charge in [-0.2, -0.15) is 29.8 Å². The number of rotatable bonds is 6. The third kappa shape index (κ3) is 4.04. The summed E-state index contributed by atoms with van der Waals surface area (Å²) in [6, 6.07) is 2.40. The molecule has 30 heavy (non-hydrogen) atoms. The smallest absolute Gasteiger partial charge is 0.286 e. The molecule has 0 bridgehead atoms. The van der Waals surface area contributed by atoms with Gasteiger partial charge in [0.15, 0.2) is 5.71 Å². The summed E-state index contributed by atoms with van der Waals surface area (Å²) in [5, 5.41) is 0.189. The highest BCUT2D eigenvalue weighted by molar-refractivity contribution is 7.88. The van der Waals surface area contributed by atoms with E-state index in [0.717, 1.165) is 11.8 Å². The standard InChI is InChI=1S/C16H19NO9S4/c1-9-16(2,3)11-8-12(29(21,22)23)15-10(7-13(27-15)30(24,25)26)14(11)17(9)5-4-6-28(18,19)20/h7-8H,4-6H2,1-3H3,(H2-,18,19,20,21,22,23,24,25,26)/p+1. The maximum Gasteiger partial charge on any atom is 0.304 e. The van der Waals surface area contributed by atoms with Gasteiger partial charge in [-0.15, -0.1) is 11.3 Å². The van der Waals surface area contributed by atoms with E-state index in [1.807, 2.05) is 0 Å². The molecule has 0 amide bonds. The molecule has 0 saturated carbocycles. The lowest BCUT2D eigenvalue weighted by Crippen LogP contribution is -2.27. The molecule has 1 aromatic heterocycles. The molecule has 3 rings (SSSR count). The zero-order valence-electron chi connectivity index (χ0n) is 16.1. The summed E-state index contributed by atoms with van der Waals surface area (Å²) < 4.78 is 98.8. The Morgan fingerprint density at radius 1 is 1.00 bits per heavy atom. The van der Waals surface area contributed by atoms with Crippen LogP contribution < -0.4 is 0 Å². The second kappa shape index (κ2) is 7.05. The fourth-order valence-electron chi connectivity index (χ4n) is 3.61. The predicted octanol–water partition coefficient (Wildman–Crippen LogP) is 2.07. The van der Waals surface area contributed by atoms with Gasteiger partial charge in [-0.3, -0.25) is 13.7 Å². The molecule has 1 aliphatic rings. The molecular weight excluding hydrogens is 478 g/mol. The van der Waals surface area contributed by atoms with Gasteiger partial charge in [0.1, 0.15) is 15.6 Å². The van der Waals surface area contributed by atoms with E-state index in [4.69, 9.17) is 4.55 Å². The molecule has 0 radical (unpaired) electrons. The number of benzene rings is 1. The second-order valence-electron chi connectivity index (χ2n) is 7.53. The van der Waals surface area contributed by atoms with Crippen LogP contribution in [-0.4, -0.2) is 61.5 Å². The first-order valence-corrected chi connectivity index (χ1v) is 13.9. The molecule has 10 nitrogen and oxygen atoms in total. The Bertz CT molecular complexity index is 1410. The molecule has 0 atom stereocenters. The molecule has 0 spiro atoms. The Morgan fingerprint density at radius 3 is 2.10 bits per heavy atom. The van der Waals surface area contributed by atoms with Gasteiger partial charge >= 0.3 is 10.1 Å². The van der Waals surface area contributed by atoms with Crippen LogP contribution in [0.4, 0.5) is 5.69 Å². The molecule has 2 aromatic rings. The molecule has 0 aliphatic carbocycles. The summed E-state index contributed by atoms with van der Waals surface area (Å²) in [7, 11) is -13.5. The van der Waals surface area contributed by atoms with Crippen molar-refractivity contribution in [3.05, 3.63) is 17.7 Å². The third-order valence-corrected chi connectivity index (χ3v) is 9.57. The lowest BCUT2D eigenvalue weighted by molar-refractivity contribution is -0.437. The zero-order valence-corrected chi connectivity index (χ0v) is 19.4. The van der Waals surface area contributed by atoms with E-state index in [1.165, 1.54) is 6.07 Å². The fraction of sp³-hybridized carbons (Fsp3) is 0.438. The first kappa shape index (κ1) is 23.2. The van der Waals surface area contributed by atoms with Crippen molar-refractivity contribution in [2.24, 2.45) is 0 Å². The number of thiophene rings is 1. The average molecular weight is 499 g/mol. The van der Waals surface area contributed by atoms with E-state index < -0.39 is 50.6 Å². The number of nitrogens with zero attached hydrogens (tertiary/aromatic N) is 1. The summed E-state index contributed by atoms with van der Waals surface area (Å²) in [5.41, 5.74) is 0.968. The number of fused-ring (bicyclic) bond motifs is 3. The van der Waals surface area contributed by atoms with Crippen molar-refractivity contribution in [2.45, 2.75) is 41.7 Å². The van der Waals surface area contributed by atoms with Gasteiger partial charge in [0.05, 0.1) is 21.3 Å². The summed E-state index contributed by atoms with van der Waals surface area (Å²) in [6.07, 6.45) is 0.0581. The minimum absolute atomic E-state index is 0.0471. The quantitative estimate of drug-likeness (QED) is 0.399. The van der Waals surface area contributed by atoms with Gasteiger partial charge in [0.25, 0.3) is 20.2 Å². The van der Waals surface area contributed by atoms with Crippen LogP contribution in [0.3, 0.4) is 0 Å². The van der Waals surface area contributed by atoms with Crippen LogP contribution in [0.1, 0.15) is 32.8 Å². The Morgan fingerprint density at radius 2 is 1.60 bits per heavy atom. The van der Waals surface area contributed by atoms with E-state index in [-0.39, 0.29) is 23.1 Å². The maximum atomic E-state index is 12.0. The Kier molecular flexibility index (Phi) is 5.46. The van der Waals surface area contributed by atoms with Gasteiger partial charge in [0.2, 0.25) is 5.69 Å². The first-order chi connectivity index (χ1) is 13.4. The van der Waals surface area contributed by atoms with Crippen LogP contribution in [0, 0.1) is 0 Å².